The van der Waals surface area contributed by atoms with Gasteiger partial charge in [-0.15, -0.1) is 0 Å². The molecule has 0 bridgehead atoms. The average Bonchev–Trinajstić information content (AvgIpc) is 1.79. The molecule has 0 atom stereocenters. The Morgan fingerprint density at radius 1 is 0.812 bits per heavy atom. The van der Waals surface area contributed by atoms with Crippen LogP contribution < -0.4 is 10.2 Å². The molecule has 0 radical (unpaired) electrons. The zero-order chi connectivity index (χ0) is 11.7. The number of hydrogen-bond acceptors (Lipinski definition) is 6. The predicted octanol–water partition coefficient (Wildman–Crippen LogP) is -2.69. The molecule has 0 saturated carbocycles. The van der Waals surface area contributed by atoms with Gasteiger partial charge in [0.25, 0.3) is 0 Å². The van der Waals surface area contributed by atoms with Crippen LogP contribution in [0.5, 0.6) is 0 Å². The molecule has 88 valence electrons. The molecule has 8 heteroatoms. The topological polar surface area (TPSA) is 143 Å². The van der Waals surface area contributed by atoms with Crippen LogP contribution >= 0.6 is 0 Å². The first-order valence-electron chi connectivity index (χ1n) is 3.64. The molecule has 7 nitrogen and oxygen atoms in total. The Morgan fingerprint density at radius 3 is 1.00 bits per heavy atom. The van der Waals surface area contributed by atoms with Crippen LogP contribution in [0.25, 0.3) is 0 Å². The Bertz CT molecular complexity index is 199. The second-order valence-electron chi connectivity index (χ2n) is 2.50. The van der Waals surface area contributed by atoms with Crippen molar-refractivity contribution in [3.05, 3.63) is 0 Å². The minimum atomic E-state index is -1.31. The first-order valence-corrected chi connectivity index (χ1v) is 3.64. The molecule has 0 aliphatic carbocycles. The van der Waals surface area contributed by atoms with Crippen molar-refractivity contribution in [3.63, 3.8) is 0 Å². The molecular weight excluding hydrogens is 256 g/mol. The molecule has 0 spiro atoms. The molecule has 0 fully saturated rings. The van der Waals surface area contributed by atoms with Crippen molar-refractivity contribution in [1.82, 2.24) is 0 Å². The van der Waals surface area contributed by atoms with E-state index in [-0.39, 0.29) is 38.8 Å². The third kappa shape index (κ3) is 38.3. The van der Waals surface area contributed by atoms with Crippen molar-refractivity contribution in [1.29, 1.82) is 0 Å². The van der Waals surface area contributed by atoms with Gasteiger partial charge in [-0.25, -0.2) is 0 Å². The van der Waals surface area contributed by atoms with Crippen molar-refractivity contribution >= 4 is 23.5 Å². The van der Waals surface area contributed by atoms with E-state index in [0.717, 1.165) is 0 Å². The number of carboxylic acids is 2. The van der Waals surface area contributed by atoms with Crippen molar-refractivity contribution in [3.8, 4) is 0 Å². The van der Waals surface area contributed by atoms with Gasteiger partial charge < -0.3 is 25.3 Å². The Labute approximate surface area is 107 Å². The maximum absolute atomic E-state index is 9.83. The Morgan fingerprint density at radius 2 is 1.00 bits per heavy atom. The second-order valence-corrected chi connectivity index (χ2v) is 2.50. The molecular formula is C8H10O7Ti. The van der Waals surface area contributed by atoms with Crippen LogP contribution in [0.1, 0.15) is 26.7 Å². The summed E-state index contributed by atoms with van der Waals surface area (Å²) in [5.74, 6) is -3.37. The van der Waals surface area contributed by atoms with Crippen molar-refractivity contribution in [2.75, 3.05) is 0 Å². The van der Waals surface area contributed by atoms with Gasteiger partial charge in [-0.2, -0.15) is 0 Å². The summed E-state index contributed by atoms with van der Waals surface area (Å²) in [6.45, 7) is 2.41. The molecule has 0 rings (SSSR count). The molecule has 16 heavy (non-hydrogen) atoms. The Kier molecular flexibility index (Phi) is 21.2. The first-order chi connectivity index (χ1) is 6.25. The van der Waals surface area contributed by atoms with Crippen LogP contribution in [-0.4, -0.2) is 23.5 Å². The van der Waals surface area contributed by atoms with Crippen molar-refractivity contribution < 1.29 is 56.6 Å². The zero-order valence-corrected chi connectivity index (χ0v) is 10.3. The Balaban J connectivity index is -0.0000000800. The fourth-order valence-electron chi connectivity index (χ4n) is 0.407. The summed E-state index contributed by atoms with van der Waals surface area (Å²) < 4.78 is 0. The van der Waals surface area contributed by atoms with Gasteiger partial charge in [0, 0.05) is 24.8 Å². The minimum Gasteiger partial charge on any atom is -2.00 e. The standard InChI is InChI=1S/2C4H6O3.O.Ti/c2*1-3(5)2-4(6)7;;/h2*2H2,1H3,(H,6,7);;/q;;-2;+4/p-2. The molecule has 0 heterocycles. The van der Waals surface area contributed by atoms with E-state index in [9.17, 15) is 29.4 Å². The van der Waals surface area contributed by atoms with E-state index in [1.807, 2.05) is 0 Å². The van der Waals surface area contributed by atoms with E-state index in [4.69, 9.17) is 0 Å². The number of carboxylic acid groups (broad SMARTS) is 2. The number of Topliss-reactive ketones (excluding diaryl/α,β-unsaturated/α-hetero) is 2. The van der Waals surface area contributed by atoms with Gasteiger partial charge >= 0.3 is 21.7 Å². The molecule has 0 aromatic rings. The fourth-order valence-corrected chi connectivity index (χ4v) is 0.407. The summed E-state index contributed by atoms with van der Waals surface area (Å²) in [4.78, 5) is 38.6. The van der Waals surface area contributed by atoms with E-state index in [0.29, 0.717) is 0 Å². The van der Waals surface area contributed by atoms with Crippen LogP contribution in [-0.2, 0) is 46.4 Å². The summed E-state index contributed by atoms with van der Waals surface area (Å²) in [6, 6.07) is 0. The number of carbonyl (C=O) groups excluding carboxylic acids is 4. The smallest absolute Gasteiger partial charge is 2.00 e. The van der Waals surface area contributed by atoms with E-state index < -0.39 is 24.8 Å². The van der Waals surface area contributed by atoms with Gasteiger partial charge in [-0.05, 0) is 13.8 Å². The van der Waals surface area contributed by atoms with Crippen LogP contribution in [0.4, 0.5) is 0 Å². The fraction of sp³-hybridized carbons (Fsp3) is 0.500. The van der Waals surface area contributed by atoms with Gasteiger partial charge in [0.2, 0.25) is 0 Å². The Hall–Kier alpha value is -1.05. The van der Waals surface area contributed by atoms with Gasteiger partial charge in [-0.1, -0.05) is 0 Å². The average molecular weight is 266 g/mol. The maximum Gasteiger partial charge on any atom is 4.00 e. The van der Waals surface area contributed by atoms with Gasteiger partial charge in [0.1, 0.15) is 11.6 Å². The number of aliphatic carboxylic acids is 2. The number of carbonyl (C=O) groups is 4. The SMILES string of the molecule is CC(=O)CC(=O)[O-].CC(=O)CC(=O)[O-].[O-2].[Ti+4]. The zero-order valence-electron chi connectivity index (χ0n) is 8.77. The molecule has 0 saturated heterocycles. The number of rotatable bonds is 4. The molecule has 0 unspecified atom stereocenters. The number of ketones is 2. The molecule has 0 aliphatic heterocycles. The normalized spacial score (nSPS) is 7.12. The summed E-state index contributed by atoms with van der Waals surface area (Å²) in [5, 5.41) is 19.0. The van der Waals surface area contributed by atoms with Gasteiger partial charge in [0.05, 0.1) is 0 Å². The van der Waals surface area contributed by atoms with Gasteiger partial charge in [-0.3, -0.25) is 9.59 Å². The third-order valence-electron chi connectivity index (χ3n) is 0.787. The monoisotopic (exact) mass is 266 g/mol. The van der Waals surface area contributed by atoms with Crippen LogP contribution in [0, 0.1) is 0 Å². The van der Waals surface area contributed by atoms with Crippen LogP contribution in [0.3, 0.4) is 0 Å². The van der Waals surface area contributed by atoms with Gasteiger partial charge in [0.15, 0.2) is 0 Å². The molecule has 0 amide bonds. The third-order valence-corrected chi connectivity index (χ3v) is 0.787. The van der Waals surface area contributed by atoms with E-state index in [1.54, 1.807) is 0 Å². The van der Waals surface area contributed by atoms with Crippen LogP contribution in [0.2, 0.25) is 0 Å². The summed E-state index contributed by atoms with van der Waals surface area (Å²) >= 11 is 0. The maximum atomic E-state index is 9.83. The molecule has 0 aromatic carbocycles. The minimum absolute atomic E-state index is 0. The van der Waals surface area contributed by atoms with Crippen molar-refractivity contribution in [2.24, 2.45) is 0 Å². The van der Waals surface area contributed by atoms with E-state index in [2.05, 4.69) is 0 Å². The van der Waals surface area contributed by atoms with E-state index in [1.165, 1.54) is 13.8 Å². The molecule has 0 aromatic heterocycles. The summed E-state index contributed by atoms with van der Waals surface area (Å²) in [6.07, 6.45) is -0.944. The van der Waals surface area contributed by atoms with E-state index >= 15 is 0 Å². The first kappa shape index (κ1) is 24.3. The quantitative estimate of drug-likeness (QED) is 0.400. The summed E-state index contributed by atoms with van der Waals surface area (Å²) in [5.41, 5.74) is 0. The second kappa shape index (κ2) is 14.0. The van der Waals surface area contributed by atoms with Crippen LogP contribution in [0.15, 0.2) is 0 Å². The predicted molar refractivity (Wildman–Crippen MR) is 41.3 cm³/mol. The molecule has 0 aliphatic rings. The molecule has 0 N–H and O–H groups in total. The summed E-state index contributed by atoms with van der Waals surface area (Å²) in [7, 11) is 0. The largest absolute Gasteiger partial charge is 4.00 e. The van der Waals surface area contributed by atoms with Crippen molar-refractivity contribution in [2.45, 2.75) is 26.7 Å². The number of hydrogen-bond donors (Lipinski definition) is 0.